The number of carbonyl (C=O) groups is 2. The summed E-state index contributed by atoms with van der Waals surface area (Å²) in [4.78, 5) is 23.8. The highest BCUT2D eigenvalue weighted by molar-refractivity contribution is 9.10. The summed E-state index contributed by atoms with van der Waals surface area (Å²) in [7, 11) is 1.45. The standard InChI is InChI=1S/C21H19BrN2O5/c1-3-28-20(25)13-29-18-9-4-14(11-19(18)27-2)10-15(12-23)21(26)24-17-7-5-16(22)6-8-17/h4-11H,3,13H2,1-2H3,(H,24,26)/b15-10-. The molecule has 8 heteroatoms. The molecule has 0 aliphatic rings. The fourth-order valence-electron chi connectivity index (χ4n) is 2.28. The van der Waals surface area contributed by atoms with Gasteiger partial charge in [-0.3, -0.25) is 4.79 Å². The number of hydrogen-bond acceptors (Lipinski definition) is 6. The Hall–Kier alpha value is -3.31. The molecular weight excluding hydrogens is 440 g/mol. The van der Waals surface area contributed by atoms with E-state index in [1.807, 2.05) is 6.07 Å². The fraction of sp³-hybridized carbons (Fsp3) is 0.190. The van der Waals surface area contributed by atoms with Gasteiger partial charge in [-0.1, -0.05) is 22.0 Å². The van der Waals surface area contributed by atoms with Crippen LogP contribution < -0.4 is 14.8 Å². The van der Waals surface area contributed by atoms with Gasteiger partial charge in [0, 0.05) is 10.2 Å². The summed E-state index contributed by atoms with van der Waals surface area (Å²) in [5.41, 5.74) is 1.06. The molecule has 29 heavy (non-hydrogen) atoms. The summed E-state index contributed by atoms with van der Waals surface area (Å²) in [5.74, 6) is -0.324. The average Bonchev–Trinajstić information content (AvgIpc) is 2.72. The Bertz CT molecular complexity index is 949. The van der Waals surface area contributed by atoms with Gasteiger partial charge in [0.15, 0.2) is 18.1 Å². The maximum absolute atomic E-state index is 12.4. The van der Waals surface area contributed by atoms with Gasteiger partial charge in [0.05, 0.1) is 13.7 Å². The maximum atomic E-state index is 12.4. The van der Waals surface area contributed by atoms with Crippen LogP contribution in [-0.4, -0.2) is 32.2 Å². The molecule has 7 nitrogen and oxygen atoms in total. The van der Waals surface area contributed by atoms with E-state index >= 15 is 0 Å². The highest BCUT2D eigenvalue weighted by atomic mass is 79.9. The van der Waals surface area contributed by atoms with Crippen LogP contribution in [0.25, 0.3) is 6.08 Å². The lowest BCUT2D eigenvalue weighted by atomic mass is 10.1. The van der Waals surface area contributed by atoms with Gasteiger partial charge < -0.3 is 19.5 Å². The zero-order valence-corrected chi connectivity index (χ0v) is 17.5. The van der Waals surface area contributed by atoms with Gasteiger partial charge in [-0.15, -0.1) is 0 Å². The van der Waals surface area contributed by atoms with Crippen LogP contribution >= 0.6 is 15.9 Å². The monoisotopic (exact) mass is 458 g/mol. The molecule has 2 aromatic carbocycles. The predicted octanol–water partition coefficient (Wildman–Crippen LogP) is 3.95. The Kier molecular flexibility index (Phi) is 8.25. The number of hydrogen-bond donors (Lipinski definition) is 1. The van der Waals surface area contributed by atoms with Crippen molar-refractivity contribution in [3.63, 3.8) is 0 Å². The van der Waals surface area contributed by atoms with E-state index in [9.17, 15) is 14.9 Å². The van der Waals surface area contributed by atoms with Crippen LogP contribution in [0.4, 0.5) is 5.69 Å². The number of benzene rings is 2. The molecule has 0 unspecified atom stereocenters. The molecule has 1 amide bonds. The molecule has 1 N–H and O–H groups in total. The van der Waals surface area contributed by atoms with Gasteiger partial charge in [-0.2, -0.15) is 5.26 Å². The van der Waals surface area contributed by atoms with Crippen molar-refractivity contribution in [1.29, 1.82) is 5.26 Å². The molecule has 150 valence electrons. The summed E-state index contributed by atoms with van der Waals surface area (Å²) in [6, 6.07) is 13.7. The van der Waals surface area contributed by atoms with Gasteiger partial charge in [-0.25, -0.2) is 4.79 Å². The van der Waals surface area contributed by atoms with Crippen molar-refractivity contribution < 1.29 is 23.8 Å². The second-order valence-corrected chi connectivity index (χ2v) is 6.55. The first kappa shape index (κ1) is 22.0. The number of nitrogens with one attached hydrogen (secondary N) is 1. The fourth-order valence-corrected chi connectivity index (χ4v) is 2.54. The van der Waals surface area contributed by atoms with Crippen molar-refractivity contribution in [1.82, 2.24) is 0 Å². The minimum atomic E-state index is -0.531. The minimum Gasteiger partial charge on any atom is -0.493 e. The van der Waals surface area contributed by atoms with Gasteiger partial charge >= 0.3 is 5.97 Å². The first-order chi connectivity index (χ1) is 14.0. The zero-order chi connectivity index (χ0) is 21.2. The number of carbonyl (C=O) groups excluding carboxylic acids is 2. The Morgan fingerprint density at radius 1 is 1.17 bits per heavy atom. The molecule has 0 bridgehead atoms. The maximum Gasteiger partial charge on any atom is 0.344 e. The van der Waals surface area contributed by atoms with E-state index in [0.29, 0.717) is 22.7 Å². The van der Waals surface area contributed by atoms with Gasteiger partial charge in [-0.05, 0) is 55.0 Å². The molecule has 0 atom stereocenters. The second-order valence-electron chi connectivity index (χ2n) is 5.63. The highest BCUT2D eigenvalue weighted by Crippen LogP contribution is 2.29. The molecule has 0 aliphatic heterocycles. The lowest BCUT2D eigenvalue weighted by molar-refractivity contribution is -0.145. The van der Waals surface area contributed by atoms with E-state index in [1.54, 1.807) is 49.4 Å². The highest BCUT2D eigenvalue weighted by Gasteiger charge is 2.12. The third-order valence-electron chi connectivity index (χ3n) is 3.62. The molecule has 0 radical (unpaired) electrons. The second kappa shape index (κ2) is 10.9. The summed E-state index contributed by atoms with van der Waals surface area (Å²) in [6.45, 7) is 1.72. The van der Waals surface area contributed by atoms with Gasteiger partial charge in [0.25, 0.3) is 5.91 Å². The van der Waals surface area contributed by atoms with Crippen LogP contribution in [0.1, 0.15) is 12.5 Å². The largest absolute Gasteiger partial charge is 0.493 e. The molecule has 0 saturated carbocycles. The summed E-state index contributed by atoms with van der Waals surface area (Å²) in [6.07, 6.45) is 1.44. The number of esters is 1. The van der Waals surface area contributed by atoms with Crippen molar-refractivity contribution in [3.8, 4) is 17.6 Å². The van der Waals surface area contributed by atoms with Crippen molar-refractivity contribution in [2.75, 3.05) is 25.6 Å². The molecule has 0 spiro atoms. The molecule has 0 fully saturated rings. The van der Waals surface area contributed by atoms with E-state index in [-0.39, 0.29) is 18.8 Å². The third kappa shape index (κ3) is 6.66. The van der Waals surface area contributed by atoms with Gasteiger partial charge in [0.2, 0.25) is 0 Å². The Balaban J connectivity index is 2.15. The number of nitriles is 1. The van der Waals surface area contributed by atoms with E-state index in [0.717, 1.165) is 4.47 Å². The number of anilines is 1. The minimum absolute atomic E-state index is 0.0739. The van der Waals surface area contributed by atoms with Crippen LogP contribution in [-0.2, 0) is 14.3 Å². The number of rotatable bonds is 8. The van der Waals surface area contributed by atoms with Crippen LogP contribution in [0.2, 0.25) is 0 Å². The quantitative estimate of drug-likeness (QED) is 0.365. The number of nitrogens with zero attached hydrogens (tertiary/aromatic N) is 1. The smallest absolute Gasteiger partial charge is 0.344 e. The first-order valence-corrected chi connectivity index (χ1v) is 9.41. The molecular formula is C21H19BrN2O5. The Morgan fingerprint density at radius 2 is 1.90 bits per heavy atom. The molecule has 2 aromatic rings. The number of ether oxygens (including phenoxy) is 3. The van der Waals surface area contributed by atoms with Gasteiger partial charge in [0.1, 0.15) is 11.6 Å². The molecule has 0 heterocycles. The average molecular weight is 459 g/mol. The van der Waals surface area contributed by atoms with Crippen molar-refractivity contribution in [2.24, 2.45) is 0 Å². The summed E-state index contributed by atoms with van der Waals surface area (Å²) in [5, 5.41) is 12.0. The van der Waals surface area contributed by atoms with Crippen LogP contribution in [0, 0.1) is 11.3 Å². The van der Waals surface area contributed by atoms with Crippen molar-refractivity contribution in [3.05, 3.63) is 58.1 Å². The van der Waals surface area contributed by atoms with E-state index in [2.05, 4.69) is 21.2 Å². The van der Waals surface area contributed by atoms with Crippen molar-refractivity contribution >= 4 is 39.6 Å². The van der Waals surface area contributed by atoms with Crippen LogP contribution in [0.5, 0.6) is 11.5 Å². The Labute approximate surface area is 177 Å². The number of methoxy groups -OCH3 is 1. The van der Waals surface area contributed by atoms with Crippen molar-refractivity contribution in [2.45, 2.75) is 6.92 Å². The number of amides is 1. The third-order valence-corrected chi connectivity index (χ3v) is 4.15. The predicted molar refractivity (Wildman–Crippen MR) is 111 cm³/mol. The number of halogens is 1. The summed E-state index contributed by atoms with van der Waals surface area (Å²) < 4.78 is 16.4. The zero-order valence-electron chi connectivity index (χ0n) is 15.9. The van der Waals surface area contributed by atoms with E-state index in [1.165, 1.54) is 13.2 Å². The van der Waals surface area contributed by atoms with Crippen LogP contribution in [0.3, 0.4) is 0 Å². The lowest BCUT2D eigenvalue weighted by Gasteiger charge is -2.11. The molecule has 0 aliphatic carbocycles. The topological polar surface area (TPSA) is 97.7 Å². The summed E-state index contributed by atoms with van der Waals surface area (Å²) >= 11 is 3.32. The SMILES string of the molecule is CCOC(=O)COc1ccc(/C=C(/C#N)C(=O)Nc2ccc(Br)cc2)cc1OC. The first-order valence-electron chi connectivity index (χ1n) is 8.62. The Morgan fingerprint density at radius 3 is 2.52 bits per heavy atom. The normalized spacial score (nSPS) is 10.6. The molecule has 0 aromatic heterocycles. The van der Waals surface area contributed by atoms with E-state index in [4.69, 9.17) is 14.2 Å². The lowest BCUT2D eigenvalue weighted by Crippen LogP contribution is -2.15. The molecule has 0 saturated heterocycles. The van der Waals surface area contributed by atoms with Crippen LogP contribution in [0.15, 0.2) is 52.5 Å². The van der Waals surface area contributed by atoms with E-state index < -0.39 is 11.9 Å². The molecule has 2 rings (SSSR count).